The molecular formula is C20H26N2O4S. The fourth-order valence-corrected chi connectivity index (χ4v) is 4.12. The Morgan fingerprint density at radius 3 is 2.15 bits per heavy atom. The molecule has 6 nitrogen and oxygen atoms in total. The highest BCUT2D eigenvalue weighted by atomic mass is 32.2. The third kappa shape index (κ3) is 5.23. The Kier molecular flexibility index (Phi) is 7.24. The van der Waals surface area contributed by atoms with Crippen LogP contribution in [0.2, 0.25) is 0 Å². The van der Waals surface area contributed by atoms with Crippen LogP contribution in [0, 0.1) is 0 Å². The normalized spacial score (nSPS) is 11.3. The van der Waals surface area contributed by atoms with Gasteiger partial charge in [0.25, 0.3) is 10.0 Å². The second kappa shape index (κ2) is 9.41. The Labute approximate surface area is 161 Å². The van der Waals surface area contributed by atoms with Gasteiger partial charge in [0.1, 0.15) is 12.3 Å². The average Bonchev–Trinajstić information content (AvgIpc) is 2.71. The molecule has 0 fully saturated rings. The quantitative estimate of drug-likeness (QED) is 0.713. The van der Waals surface area contributed by atoms with Crippen molar-refractivity contribution in [3.8, 4) is 5.75 Å². The molecule has 0 aliphatic carbocycles. The Morgan fingerprint density at radius 1 is 1.04 bits per heavy atom. The predicted molar refractivity (Wildman–Crippen MR) is 106 cm³/mol. The molecule has 0 saturated carbocycles. The molecule has 0 atom stereocenters. The first-order valence-corrected chi connectivity index (χ1v) is 10.4. The molecule has 0 aromatic heterocycles. The Balaban J connectivity index is 2.37. The maximum Gasteiger partial charge on any atom is 0.264 e. The van der Waals surface area contributed by atoms with Crippen LogP contribution in [0.5, 0.6) is 5.75 Å². The van der Waals surface area contributed by atoms with Crippen LogP contribution in [0.3, 0.4) is 0 Å². The van der Waals surface area contributed by atoms with E-state index in [1.807, 2.05) is 13.8 Å². The topological polar surface area (TPSA) is 75.7 Å². The molecule has 2 aromatic rings. The largest absolute Gasteiger partial charge is 0.497 e. The molecule has 0 radical (unpaired) electrons. The van der Waals surface area contributed by atoms with Gasteiger partial charge in [-0.05, 0) is 49.2 Å². The van der Waals surface area contributed by atoms with Gasteiger partial charge in [-0.15, -0.1) is 0 Å². The van der Waals surface area contributed by atoms with E-state index in [0.29, 0.717) is 11.4 Å². The molecule has 0 spiro atoms. The van der Waals surface area contributed by atoms with Crippen molar-refractivity contribution in [3.05, 3.63) is 54.6 Å². The lowest BCUT2D eigenvalue weighted by Crippen LogP contribution is -2.44. The minimum absolute atomic E-state index is 0.0228. The van der Waals surface area contributed by atoms with E-state index in [-0.39, 0.29) is 23.4 Å². The zero-order valence-corrected chi connectivity index (χ0v) is 16.7. The number of hydrogen-bond acceptors (Lipinski definition) is 4. The Hall–Kier alpha value is -2.54. The summed E-state index contributed by atoms with van der Waals surface area (Å²) in [6.45, 7) is 3.67. The zero-order valence-electron chi connectivity index (χ0n) is 15.9. The smallest absolute Gasteiger partial charge is 0.264 e. The van der Waals surface area contributed by atoms with Crippen molar-refractivity contribution in [2.24, 2.45) is 0 Å². The lowest BCUT2D eigenvalue weighted by atomic mass is 10.2. The third-order valence-electron chi connectivity index (χ3n) is 4.33. The van der Waals surface area contributed by atoms with Crippen molar-refractivity contribution >= 4 is 21.6 Å². The summed E-state index contributed by atoms with van der Waals surface area (Å²) in [4.78, 5) is 12.6. The van der Waals surface area contributed by atoms with Crippen molar-refractivity contribution in [1.82, 2.24) is 5.32 Å². The number of sulfonamides is 1. The molecule has 7 heteroatoms. The van der Waals surface area contributed by atoms with E-state index in [4.69, 9.17) is 4.74 Å². The molecule has 0 aliphatic heterocycles. The first-order chi connectivity index (χ1) is 12.9. The number of rotatable bonds is 9. The minimum Gasteiger partial charge on any atom is -0.497 e. The average molecular weight is 391 g/mol. The van der Waals surface area contributed by atoms with E-state index in [0.717, 1.165) is 17.1 Å². The van der Waals surface area contributed by atoms with Gasteiger partial charge in [-0.25, -0.2) is 8.42 Å². The highest BCUT2D eigenvalue weighted by molar-refractivity contribution is 7.92. The number of nitrogens with one attached hydrogen (secondary N) is 1. The summed E-state index contributed by atoms with van der Waals surface area (Å²) in [5.74, 6) is 0.274. The molecule has 0 aliphatic rings. The van der Waals surface area contributed by atoms with Gasteiger partial charge in [0.15, 0.2) is 0 Å². The number of carbonyl (C=O) groups is 1. The number of ether oxygens (including phenoxy) is 1. The van der Waals surface area contributed by atoms with Crippen molar-refractivity contribution in [3.63, 3.8) is 0 Å². The first-order valence-electron chi connectivity index (χ1n) is 8.93. The minimum atomic E-state index is -3.89. The molecule has 146 valence electrons. The number of amides is 1. The zero-order chi connectivity index (χ0) is 19.9. The van der Waals surface area contributed by atoms with Crippen molar-refractivity contribution in [1.29, 1.82) is 0 Å². The van der Waals surface area contributed by atoms with Crippen LogP contribution in [0.1, 0.15) is 26.7 Å². The van der Waals surface area contributed by atoms with Crippen LogP contribution in [0.25, 0.3) is 0 Å². The van der Waals surface area contributed by atoms with Crippen LogP contribution in [0.15, 0.2) is 59.5 Å². The lowest BCUT2D eigenvalue weighted by molar-refractivity contribution is -0.120. The molecule has 27 heavy (non-hydrogen) atoms. The number of anilines is 1. The second-order valence-corrected chi connectivity index (χ2v) is 7.97. The lowest BCUT2D eigenvalue weighted by Gasteiger charge is -2.25. The van der Waals surface area contributed by atoms with Gasteiger partial charge < -0.3 is 10.1 Å². The van der Waals surface area contributed by atoms with Crippen LogP contribution in [-0.2, 0) is 14.8 Å². The number of carbonyl (C=O) groups excluding carboxylic acids is 1. The van der Waals surface area contributed by atoms with E-state index < -0.39 is 10.0 Å². The number of benzene rings is 2. The van der Waals surface area contributed by atoms with Crippen molar-refractivity contribution in [2.75, 3.05) is 18.0 Å². The maximum atomic E-state index is 13.2. The standard InChI is InChI=1S/C20H26N2O4S/c1-4-16(5-2)21-20(23)15-22(17-11-13-18(26-3)14-12-17)27(24,25)19-9-7-6-8-10-19/h6-14,16H,4-5,15H2,1-3H3,(H,21,23). The van der Waals surface area contributed by atoms with Crippen LogP contribution >= 0.6 is 0 Å². The Morgan fingerprint density at radius 2 is 1.63 bits per heavy atom. The van der Waals surface area contributed by atoms with E-state index >= 15 is 0 Å². The van der Waals surface area contributed by atoms with Crippen molar-refractivity contribution < 1.29 is 17.9 Å². The molecule has 0 saturated heterocycles. The molecule has 0 heterocycles. The van der Waals surface area contributed by atoms with Gasteiger partial charge in [-0.3, -0.25) is 9.10 Å². The molecule has 1 N–H and O–H groups in total. The summed E-state index contributed by atoms with van der Waals surface area (Å²) in [5.41, 5.74) is 0.402. The molecule has 0 unspecified atom stereocenters. The molecular weight excluding hydrogens is 364 g/mol. The van der Waals surface area contributed by atoms with E-state index in [9.17, 15) is 13.2 Å². The molecule has 2 rings (SSSR count). The van der Waals surface area contributed by atoms with Gasteiger partial charge in [0.05, 0.1) is 17.7 Å². The summed E-state index contributed by atoms with van der Waals surface area (Å²) in [6.07, 6.45) is 1.58. The predicted octanol–water partition coefficient (Wildman–Crippen LogP) is 3.20. The molecule has 2 aromatic carbocycles. The number of nitrogens with zero attached hydrogens (tertiary/aromatic N) is 1. The monoisotopic (exact) mass is 390 g/mol. The van der Waals surface area contributed by atoms with Gasteiger partial charge in [0.2, 0.25) is 5.91 Å². The van der Waals surface area contributed by atoms with Crippen LogP contribution < -0.4 is 14.4 Å². The van der Waals surface area contributed by atoms with Crippen LogP contribution in [0.4, 0.5) is 5.69 Å². The van der Waals surface area contributed by atoms with Gasteiger partial charge in [-0.2, -0.15) is 0 Å². The third-order valence-corrected chi connectivity index (χ3v) is 6.12. The summed E-state index contributed by atoms with van der Waals surface area (Å²) in [7, 11) is -2.35. The van der Waals surface area contributed by atoms with Gasteiger partial charge in [0, 0.05) is 6.04 Å². The van der Waals surface area contributed by atoms with E-state index in [1.165, 1.54) is 19.2 Å². The molecule has 0 bridgehead atoms. The fourth-order valence-electron chi connectivity index (χ4n) is 2.68. The van der Waals surface area contributed by atoms with Crippen molar-refractivity contribution in [2.45, 2.75) is 37.6 Å². The maximum absolute atomic E-state index is 13.2. The van der Waals surface area contributed by atoms with Gasteiger partial charge >= 0.3 is 0 Å². The Bertz CT molecular complexity index is 832. The number of hydrogen-bond donors (Lipinski definition) is 1. The second-order valence-electron chi connectivity index (χ2n) is 6.10. The summed E-state index contributed by atoms with van der Waals surface area (Å²) < 4.78 is 32.6. The highest BCUT2D eigenvalue weighted by Gasteiger charge is 2.27. The molecule has 1 amide bonds. The van der Waals surface area contributed by atoms with E-state index in [2.05, 4.69) is 5.32 Å². The van der Waals surface area contributed by atoms with Gasteiger partial charge in [-0.1, -0.05) is 32.0 Å². The first kappa shape index (κ1) is 20.8. The number of methoxy groups -OCH3 is 1. The summed E-state index contributed by atoms with van der Waals surface area (Å²) >= 11 is 0. The fraction of sp³-hybridized carbons (Fsp3) is 0.350. The summed E-state index contributed by atoms with van der Waals surface area (Å²) in [6, 6.07) is 14.7. The highest BCUT2D eigenvalue weighted by Crippen LogP contribution is 2.25. The summed E-state index contributed by atoms with van der Waals surface area (Å²) in [5, 5.41) is 2.89. The van der Waals surface area contributed by atoms with Crippen LogP contribution in [-0.4, -0.2) is 34.0 Å². The van der Waals surface area contributed by atoms with E-state index in [1.54, 1.807) is 42.5 Å². The SMILES string of the molecule is CCC(CC)NC(=O)CN(c1ccc(OC)cc1)S(=O)(=O)c1ccccc1.